The summed E-state index contributed by atoms with van der Waals surface area (Å²) in [5.41, 5.74) is 0. The highest BCUT2D eigenvalue weighted by Gasteiger charge is 2.38. The summed E-state index contributed by atoms with van der Waals surface area (Å²) in [6.07, 6.45) is -4.33. The van der Waals surface area contributed by atoms with E-state index >= 15 is 0 Å². The molecule has 114 valence electrons. The highest BCUT2D eigenvalue weighted by Crippen LogP contribution is 2.34. The van der Waals surface area contributed by atoms with Crippen LogP contribution in [-0.2, 0) is 6.61 Å². The van der Waals surface area contributed by atoms with Gasteiger partial charge in [0.05, 0.1) is 5.02 Å². The summed E-state index contributed by atoms with van der Waals surface area (Å²) >= 11 is 6.34. The molecule has 9 heteroatoms. The number of thioether (sulfide) groups is 1. The molecule has 0 aliphatic carbocycles. The second kappa shape index (κ2) is 6.57. The van der Waals surface area contributed by atoms with Gasteiger partial charge in [-0.25, -0.2) is 0 Å². The van der Waals surface area contributed by atoms with Gasteiger partial charge in [0.1, 0.15) is 11.0 Å². The molecule has 2 rings (SSSR count). The second-order valence-electron chi connectivity index (χ2n) is 3.98. The van der Waals surface area contributed by atoms with Crippen LogP contribution >= 0.6 is 23.4 Å². The third kappa shape index (κ3) is 4.53. The zero-order chi connectivity index (χ0) is 15.5. The molecule has 2 aromatic rings. The van der Waals surface area contributed by atoms with E-state index in [9.17, 15) is 13.2 Å². The van der Waals surface area contributed by atoms with Gasteiger partial charge in [-0.2, -0.15) is 13.2 Å². The van der Waals surface area contributed by atoms with Crippen molar-refractivity contribution in [1.82, 2.24) is 10.2 Å². The first-order chi connectivity index (χ1) is 9.86. The molecule has 0 aliphatic heterocycles. The van der Waals surface area contributed by atoms with Crippen LogP contribution in [0.25, 0.3) is 0 Å². The van der Waals surface area contributed by atoms with Gasteiger partial charge in [0.2, 0.25) is 0 Å². The van der Waals surface area contributed by atoms with E-state index in [4.69, 9.17) is 20.8 Å². The normalized spacial score (nSPS) is 13.2. The van der Waals surface area contributed by atoms with E-state index in [0.29, 0.717) is 22.5 Å². The smallest absolute Gasteiger partial charge is 0.400 e. The predicted molar refractivity (Wildman–Crippen MR) is 71.5 cm³/mol. The standard InChI is InChI=1S/C12H10ClF3N2O2S/c1-7(12(14,15)16)21-11-18-17-10(20-11)6-19-9-5-3-2-4-8(9)13/h2-5,7H,6H2,1H3. The van der Waals surface area contributed by atoms with Gasteiger partial charge in [-0.1, -0.05) is 35.5 Å². The van der Waals surface area contributed by atoms with Crippen LogP contribution in [-0.4, -0.2) is 21.6 Å². The Bertz CT molecular complexity index is 606. The number of rotatable bonds is 5. The minimum absolute atomic E-state index is 0.0717. The Balaban J connectivity index is 1.93. The molecule has 0 aliphatic rings. The number of hydrogen-bond acceptors (Lipinski definition) is 5. The number of nitrogens with zero attached hydrogens (tertiary/aromatic N) is 2. The van der Waals surface area contributed by atoms with E-state index in [1.165, 1.54) is 0 Å². The van der Waals surface area contributed by atoms with E-state index in [0.717, 1.165) is 6.92 Å². The van der Waals surface area contributed by atoms with E-state index < -0.39 is 11.4 Å². The van der Waals surface area contributed by atoms with E-state index in [1.807, 2.05) is 0 Å². The molecule has 0 saturated carbocycles. The summed E-state index contributed by atoms with van der Waals surface area (Å²) in [6.45, 7) is 0.951. The van der Waals surface area contributed by atoms with Gasteiger partial charge in [0, 0.05) is 0 Å². The van der Waals surface area contributed by atoms with Gasteiger partial charge < -0.3 is 9.15 Å². The Morgan fingerprint density at radius 1 is 1.33 bits per heavy atom. The summed E-state index contributed by atoms with van der Waals surface area (Å²) in [5.74, 6) is 0.502. The summed E-state index contributed by atoms with van der Waals surface area (Å²) in [5, 5.41) is 5.79. The molecule has 1 unspecified atom stereocenters. The highest BCUT2D eigenvalue weighted by molar-refractivity contribution is 7.99. The fourth-order valence-corrected chi connectivity index (χ4v) is 2.12. The molecule has 21 heavy (non-hydrogen) atoms. The molecular formula is C12H10ClF3N2O2S. The monoisotopic (exact) mass is 338 g/mol. The van der Waals surface area contributed by atoms with Crippen LogP contribution in [0.1, 0.15) is 12.8 Å². The van der Waals surface area contributed by atoms with Crippen molar-refractivity contribution in [2.75, 3.05) is 0 Å². The van der Waals surface area contributed by atoms with Crippen molar-refractivity contribution < 1.29 is 22.3 Å². The summed E-state index contributed by atoms with van der Waals surface area (Å²) in [6, 6.07) is 6.79. The maximum Gasteiger partial charge on any atom is 0.400 e. The van der Waals surface area contributed by atoms with Gasteiger partial charge in [-0.3, -0.25) is 0 Å². The lowest BCUT2D eigenvalue weighted by Gasteiger charge is -2.11. The van der Waals surface area contributed by atoms with Crippen LogP contribution in [0.4, 0.5) is 13.2 Å². The first kappa shape index (κ1) is 16.0. The van der Waals surface area contributed by atoms with Crippen molar-refractivity contribution in [3.05, 3.63) is 35.2 Å². The predicted octanol–water partition coefficient (Wildman–Crippen LogP) is 4.34. The molecule has 1 aromatic heterocycles. The molecule has 1 heterocycles. The summed E-state index contributed by atoms with van der Waals surface area (Å²) in [7, 11) is 0. The lowest BCUT2D eigenvalue weighted by atomic mass is 10.3. The zero-order valence-electron chi connectivity index (χ0n) is 10.7. The van der Waals surface area contributed by atoms with Gasteiger partial charge in [-0.05, 0) is 19.1 Å². The lowest BCUT2D eigenvalue weighted by molar-refractivity contribution is -0.125. The molecule has 0 radical (unpaired) electrons. The maximum absolute atomic E-state index is 12.4. The molecular weight excluding hydrogens is 329 g/mol. The topological polar surface area (TPSA) is 48.2 Å². The number of aromatic nitrogens is 2. The van der Waals surface area contributed by atoms with Crippen LogP contribution in [0, 0.1) is 0 Å². The first-order valence-electron chi connectivity index (χ1n) is 5.79. The number of ether oxygens (including phenoxy) is 1. The van der Waals surface area contributed by atoms with Crippen molar-refractivity contribution >= 4 is 23.4 Å². The summed E-state index contributed by atoms with van der Waals surface area (Å²) < 4.78 is 47.6. The first-order valence-corrected chi connectivity index (χ1v) is 7.05. The Hall–Kier alpha value is -1.41. The van der Waals surface area contributed by atoms with Crippen LogP contribution in [0.3, 0.4) is 0 Å². The fourth-order valence-electron chi connectivity index (χ4n) is 1.26. The third-order valence-electron chi connectivity index (χ3n) is 2.37. The quantitative estimate of drug-likeness (QED) is 0.759. The van der Waals surface area contributed by atoms with Gasteiger partial charge in [0.15, 0.2) is 6.61 Å². The average molecular weight is 339 g/mol. The molecule has 0 N–H and O–H groups in total. The van der Waals surface area contributed by atoms with Crippen LogP contribution < -0.4 is 4.74 Å². The Labute approximate surface area is 127 Å². The van der Waals surface area contributed by atoms with Crippen molar-refractivity contribution in [1.29, 1.82) is 0 Å². The van der Waals surface area contributed by atoms with Gasteiger partial charge in [0.25, 0.3) is 11.1 Å². The van der Waals surface area contributed by atoms with Gasteiger partial charge >= 0.3 is 6.18 Å². The third-order valence-corrected chi connectivity index (χ3v) is 3.67. The Kier molecular flexibility index (Phi) is 5.00. The molecule has 1 aromatic carbocycles. The van der Waals surface area contributed by atoms with E-state index in [-0.39, 0.29) is 17.7 Å². The highest BCUT2D eigenvalue weighted by atomic mass is 35.5. The number of para-hydroxylation sites is 1. The fraction of sp³-hybridized carbons (Fsp3) is 0.333. The van der Waals surface area contributed by atoms with Crippen LogP contribution in [0.15, 0.2) is 33.9 Å². The van der Waals surface area contributed by atoms with Crippen molar-refractivity contribution in [2.45, 2.75) is 30.2 Å². The molecule has 0 fully saturated rings. The number of alkyl halides is 3. The minimum Gasteiger partial charge on any atom is -0.482 e. The number of halogens is 4. The van der Waals surface area contributed by atoms with Crippen molar-refractivity contribution in [2.24, 2.45) is 0 Å². The van der Waals surface area contributed by atoms with Crippen LogP contribution in [0.2, 0.25) is 5.02 Å². The SMILES string of the molecule is CC(Sc1nnc(COc2ccccc2Cl)o1)C(F)(F)F. The van der Waals surface area contributed by atoms with Gasteiger partial charge in [-0.15, -0.1) is 10.2 Å². The second-order valence-corrected chi connectivity index (χ2v) is 5.68. The summed E-state index contributed by atoms with van der Waals surface area (Å²) in [4.78, 5) is 0. The number of hydrogen-bond donors (Lipinski definition) is 0. The van der Waals surface area contributed by atoms with Crippen LogP contribution in [0.5, 0.6) is 5.75 Å². The number of benzene rings is 1. The molecule has 0 amide bonds. The molecule has 0 spiro atoms. The average Bonchev–Trinajstić information content (AvgIpc) is 2.84. The van der Waals surface area contributed by atoms with Crippen molar-refractivity contribution in [3.63, 3.8) is 0 Å². The molecule has 0 bridgehead atoms. The molecule has 0 saturated heterocycles. The molecule has 1 atom stereocenters. The minimum atomic E-state index is -4.33. The maximum atomic E-state index is 12.4. The van der Waals surface area contributed by atoms with Crippen molar-refractivity contribution in [3.8, 4) is 5.75 Å². The van der Waals surface area contributed by atoms with E-state index in [1.54, 1.807) is 24.3 Å². The van der Waals surface area contributed by atoms with E-state index in [2.05, 4.69) is 10.2 Å². The zero-order valence-corrected chi connectivity index (χ0v) is 12.3. The largest absolute Gasteiger partial charge is 0.482 e. The lowest BCUT2D eigenvalue weighted by Crippen LogP contribution is -2.21. The molecule has 4 nitrogen and oxygen atoms in total. The Morgan fingerprint density at radius 2 is 2.05 bits per heavy atom. The Morgan fingerprint density at radius 3 is 2.71 bits per heavy atom.